The van der Waals surface area contributed by atoms with Crippen molar-refractivity contribution in [3.63, 3.8) is 0 Å². The van der Waals surface area contributed by atoms with Gasteiger partial charge in [0.2, 0.25) is 5.91 Å². The van der Waals surface area contributed by atoms with Crippen LogP contribution in [0, 0.1) is 0 Å². The molecule has 7 nitrogen and oxygen atoms in total. The van der Waals surface area contributed by atoms with Crippen molar-refractivity contribution in [3.05, 3.63) is 18.1 Å². The van der Waals surface area contributed by atoms with Gasteiger partial charge in [-0.1, -0.05) is 13.8 Å². The molecule has 1 aromatic heterocycles. The van der Waals surface area contributed by atoms with Crippen molar-refractivity contribution in [3.8, 4) is 0 Å². The summed E-state index contributed by atoms with van der Waals surface area (Å²) in [6, 6.07) is 0. The van der Waals surface area contributed by atoms with Gasteiger partial charge in [-0.3, -0.25) is 9.59 Å². The Morgan fingerprint density at radius 1 is 1.00 bits per heavy atom. The maximum absolute atomic E-state index is 11.8. The summed E-state index contributed by atoms with van der Waals surface area (Å²) in [5, 5.41) is 8.47. The molecule has 0 atom stereocenters. The molecule has 0 spiro atoms. The molecule has 0 saturated carbocycles. The number of rotatable bonds is 9. The molecule has 0 bridgehead atoms. The molecular formula is C14H23N5O2. The number of hydrogen-bond donors (Lipinski definition) is 3. The monoisotopic (exact) mass is 293 g/mol. The van der Waals surface area contributed by atoms with Gasteiger partial charge in [0.25, 0.3) is 5.91 Å². The van der Waals surface area contributed by atoms with E-state index < -0.39 is 0 Å². The number of nitrogens with one attached hydrogen (secondary N) is 3. The van der Waals surface area contributed by atoms with Gasteiger partial charge < -0.3 is 16.0 Å². The molecule has 3 N–H and O–H groups in total. The van der Waals surface area contributed by atoms with Crippen molar-refractivity contribution < 1.29 is 9.59 Å². The van der Waals surface area contributed by atoms with E-state index in [1.54, 1.807) is 0 Å². The van der Waals surface area contributed by atoms with Gasteiger partial charge in [-0.15, -0.1) is 0 Å². The topological polar surface area (TPSA) is 96.0 Å². The Hall–Kier alpha value is -2.18. The van der Waals surface area contributed by atoms with E-state index in [1.165, 1.54) is 12.4 Å². The molecule has 0 saturated heterocycles. The summed E-state index contributed by atoms with van der Waals surface area (Å²) >= 11 is 0. The van der Waals surface area contributed by atoms with Crippen LogP contribution in [0.25, 0.3) is 0 Å². The maximum atomic E-state index is 11.8. The Labute approximate surface area is 124 Å². The summed E-state index contributed by atoms with van der Waals surface area (Å²) < 4.78 is 0. The molecular weight excluding hydrogens is 270 g/mol. The molecule has 0 aromatic carbocycles. The van der Waals surface area contributed by atoms with Crippen LogP contribution in [0.5, 0.6) is 0 Å². The highest BCUT2D eigenvalue weighted by Crippen LogP contribution is 2.01. The molecule has 0 aliphatic heterocycles. The van der Waals surface area contributed by atoms with E-state index in [9.17, 15) is 9.59 Å². The Kier molecular flexibility index (Phi) is 7.78. The molecule has 0 aliphatic carbocycles. The Morgan fingerprint density at radius 3 is 2.38 bits per heavy atom. The molecule has 7 heteroatoms. The molecule has 2 amide bonds. The Morgan fingerprint density at radius 2 is 1.76 bits per heavy atom. The average Bonchev–Trinajstić information content (AvgIpc) is 2.51. The van der Waals surface area contributed by atoms with Crippen LogP contribution >= 0.6 is 0 Å². The minimum absolute atomic E-state index is 0.0673. The van der Waals surface area contributed by atoms with E-state index in [1.807, 2.05) is 6.92 Å². The highest BCUT2D eigenvalue weighted by molar-refractivity contribution is 5.92. The van der Waals surface area contributed by atoms with E-state index in [4.69, 9.17) is 0 Å². The van der Waals surface area contributed by atoms with Crippen LogP contribution in [0.4, 0.5) is 5.82 Å². The van der Waals surface area contributed by atoms with Crippen LogP contribution in [-0.4, -0.2) is 41.4 Å². The van der Waals surface area contributed by atoms with E-state index in [-0.39, 0.29) is 30.5 Å². The molecule has 0 fully saturated rings. The number of hydrogen-bond acceptors (Lipinski definition) is 5. The minimum atomic E-state index is -0.326. The van der Waals surface area contributed by atoms with E-state index in [0.717, 1.165) is 19.4 Å². The first-order chi connectivity index (χ1) is 10.2. The summed E-state index contributed by atoms with van der Waals surface area (Å²) in [7, 11) is 0. The van der Waals surface area contributed by atoms with Crippen molar-refractivity contribution in [1.82, 2.24) is 20.6 Å². The second-order valence-electron chi connectivity index (χ2n) is 4.57. The Bertz CT molecular complexity index is 447. The lowest BCUT2D eigenvalue weighted by Crippen LogP contribution is -2.31. The fourth-order valence-corrected chi connectivity index (χ4v) is 1.52. The second-order valence-corrected chi connectivity index (χ2v) is 4.57. The highest BCUT2D eigenvalue weighted by atomic mass is 16.2. The predicted octanol–water partition coefficient (Wildman–Crippen LogP) is 0.945. The number of amides is 2. The third kappa shape index (κ3) is 6.69. The zero-order valence-corrected chi connectivity index (χ0v) is 12.6. The lowest BCUT2D eigenvalue weighted by molar-refractivity contribution is -0.120. The summed E-state index contributed by atoms with van der Waals surface area (Å²) in [4.78, 5) is 31.3. The standard InChI is InChI=1S/C14H23N5O2/c1-3-6-15-12-10-18-11(9-19-12)14(21)17-8-5-13(20)16-7-4-2/h9-10H,3-8H2,1-2H3,(H,15,19)(H,16,20)(H,17,21). The molecule has 0 radical (unpaired) electrons. The number of carbonyl (C=O) groups excluding carboxylic acids is 2. The third-order valence-electron chi connectivity index (χ3n) is 2.65. The normalized spacial score (nSPS) is 10.0. The van der Waals surface area contributed by atoms with E-state index in [2.05, 4.69) is 32.8 Å². The highest BCUT2D eigenvalue weighted by Gasteiger charge is 2.08. The predicted molar refractivity (Wildman–Crippen MR) is 81.1 cm³/mol. The molecule has 1 aromatic rings. The van der Waals surface area contributed by atoms with Crippen molar-refractivity contribution in [2.24, 2.45) is 0 Å². The fraction of sp³-hybridized carbons (Fsp3) is 0.571. The van der Waals surface area contributed by atoms with Gasteiger partial charge >= 0.3 is 0 Å². The third-order valence-corrected chi connectivity index (χ3v) is 2.65. The SMILES string of the molecule is CCCNC(=O)CCNC(=O)c1cnc(NCCC)cn1. The molecule has 116 valence electrons. The fourth-order valence-electron chi connectivity index (χ4n) is 1.52. The van der Waals surface area contributed by atoms with Crippen molar-refractivity contribution >= 4 is 17.6 Å². The van der Waals surface area contributed by atoms with Crippen LogP contribution in [0.1, 0.15) is 43.6 Å². The number of anilines is 1. The summed E-state index contributed by atoms with van der Waals surface area (Å²) in [6.45, 7) is 5.79. The van der Waals surface area contributed by atoms with Crippen LogP contribution in [-0.2, 0) is 4.79 Å². The number of carbonyl (C=O) groups is 2. The van der Waals surface area contributed by atoms with Crippen molar-refractivity contribution in [1.29, 1.82) is 0 Å². The molecule has 0 unspecified atom stereocenters. The van der Waals surface area contributed by atoms with Gasteiger partial charge in [0.15, 0.2) is 0 Å². The first-order valence-corrected chi connectivity index (χ1v) is 7.28. The quantitative estimate of drug-likeness (QED) is 0.630. The van der Waals surface area contributed by atoms with Crippen molar-refractivity contribution in [2.75, 3.05) is 25.0 Å². The number of aromatic nitrogens is 2. The Balaban J connectivity index is 2.33. The van der Waals surface area contributed by atoms with Crippen LogP contribution in [0.3, 0.4) is 0 Å². The van der Waals surface area contributed by atoms with E-state index >= 15 is 0 Å². The van der Waals surface area contributed by atoms with Gasteiger partial charge in [-0.25, -0.2) is 9.97 Å². The van der Waals surface area contributed by atoms with Crippen LogP contribution in [0.2, 0.25) is 0 Å². The first-order valence-electron chi connectivity index (χ1n) is 7.28. The molecule has 21 heavy (non-hydrogen) atoms. The summed E-state index contributed by atoms with van der Waals surface area (Å²) in [5.41, 5.74) is 0.242. The zero-order valence-electron chi connectivity index (χ0n) is 12.6. The van der Waals surface area contributed by atoms with Gasteiger partial charge in [0, 0.05) is 26.1 Å². The maximum Gasteiger partial charge on any atom is 0.271 e. The lowest BCUT2D eigenvalue weighted by atomic mass is 10.3. The van der Waals surface area contributed by atoms with Gasteiger partial charge in [-0.05, 0) is 12.8 Å². The smallest absolute Gasteiger partial charge is 0.271 e. The van der Waals surface area contributed by atoms with Crippen LogP contribution in [0.15, 0.2) is 12.4 Å². The summed E-state index contributed by atoms with van der Waals surface area (Å²) in [5.74, 6) is 0.252. The molecule has 1 heterocycles. The minimum Gasteiger partial charge on any atom is -0.369 e. The van der Waals surface area contributed by atoms with Gasteiger partial charge in [-0.2, -0.15) is 0 Å². The second kappa shape index (κ2) is 9.68. The molecule has 1 rings (SSSR count). The molecule has 0 aliphatic rings. The van der Waals surface area contributed by atoms with Crippen LogP contribution < -0.4 is 16.0 Å². The zero-order chi connectivity index (χ0) is 15.5. The van der Waals surface area contributed by atoms with Gasteiger partial charge in [0.05, 0.1) is 12.4 Å². The summed E-state index contributed by atoms with van der Waals surface area (Å²) in [6.07, 6.45) is 5.09. The number of nitrogens with zero attached hydrogens (tertiary/aromatic N) is 2. The largest absolute Gasteiger partial charge is 0.369 e. The first kappa shape index (κ1) is 16.9. The van der Waals surface area contributed by atoms with E-state index in [0.29, 0.717) is 12.4 Å². The van der Waals surface area contributed by atoms with Gasteiger partial charge in [0.1, 0.15) is 11.5 Å². The lowest BCUT2D eigenvalue weighted by Gasteiger charge is -2.06. The average molecular weight is 293 g/mol. The van der Waals surface area contributed by atoms with Crippen molar-refractivity contribution in [2.45, 2.75) is 33.1 Å².